The van der Waals surface area contributed by atoms with Gasteiger partial charge in [0.1, 0.15) is 0 Å². The summed E-state index contributed by atoms with van der Waals surface area (Å²) in [6.45, 7) is 4.29. The molecular weight excluding hydrogens is 385 g/mol. The van der Waals surface area contributed by atoms with Crippen LogP contribution in [-0.4, -0.2) is 16.0 Å². The summed E-state index contributed by atoms with van der Waals surface area (Å²) in [4.78, 5) is 16.5. The number of rotatable bonds is 6. The Hall–Kier alpha value is -2.37. The SMILES string of the molecule is CC(C)c1ccc(-c2noc(CCC(=O)Nc3ccc(Cl)cc3Cl)n2)cc1. The molecular formula is C20H19Cl2N3O2. The van der Waals surface area contributed by atoms with Crippen LogP contribution in [0.3, 0.4) is 0 Å². The number of carbonyl (C=O) groups is 1. The molecule has 1 heterocycles. The fraction of sp³-hybridized carbons (Fsp3) is 0.250. The van der Waals surface area contributed by atoms with Crippen LogP contribution in [0.25, 0.3) is 11.4 Å². The first-order valence-electron chi connectivity index (χ1n) is 8.60. The molecule has 0 aliphatic rings. The van der Waals surface area contributed by atoms with Crippen molar-refractivity contribution in [1.82, 2.24) is 10.1 Å². The number of anilines is 1. The summed E-state index contributed by atoms with van der Waals surface area (Å²) >= 11 is 11.9. The third kappa shape index (κ3) is 5.08. The Labute approximate surface area is 167 Å². The van der Waals surface area contributed by atoms with Crippen molar-refractivity contribution in [2.75, 3.05) is 5.32 Å². The molecule has 27 heavy (non-hydrogen) atoms. The average Bonchev–Trinajstić information content (AvgIpc) is 3.11. The van der Waals surface area contributed by atoms with Gasteiger partial charge in [-0.1, -0.05) is 66.5 Å². The Bertz CT molecular complexity index is 937. The molecule has 0 radical (unpaired) electrons. The summed E-state index contributed by atoms with van der Waals surface area (Å²) in [7, 11) is 0. The number of aromatic nitrogens is 2. The summed E-state index contributed by atoms with van der Waals surface area (Å²) in [5.74, 6) is 1.20. The van der Waals surface area contributed by atoms with Gasteiger partial charge in [0.15, 0.2) is 0 Å². The molecule has 2 aromatic carbocycles. The molecule has 1 aromatic heterocycles. The molecule has 0 saturated heterocycles. The van der Waals surface area contributed by atoms with E-state index in [2.05, 4.69) is 41.4 Å². The predicted molar refractivity (Wildman–Crippen MR) is 107 cm³/mol. The number of amides is 1. The Morgan fingerprint density at radius 2 is 1.89 bits per heavy atom. The van der Waals surface area contributed by atoms with E-state index in [4.69, 9.17) is 27.7 Å². The zero-order chi connectivity index (χ0) is 19.4. The van der Waals surface area contributed by atoms with Crippen molar-refractivity contribution >= 4 is 34.8 Å². The van der Waals surface area contributed by atoms with Crippen molar-refractivity contribution in [2.45, 2.75) is 32.6 Å². The second kappa shape index (κ2) is 8.55. The summed E-state index contributed by atoms with van der Waals surface area (Å²) in [6, 6.07) is 13.0. The number of hydrogen-bond acceptors (Lipinski definition) is 4. The van der Waals surface area contributed by atoms with Gasteiger partial charge in [-0.15, -0.1) is 0 Å². The van der Waals surface area contributed by atoms with E-state index in [1.165, 1.54) is 5.56 Å². The van der Waals surface area contributed by atoms with E-state index < -0.39 is 0 Å². The van der Waals surface area contributed by atoms with Gasteiger partial charge in [-0.25, -0.2) is 0 Å². The minimum absolute atomic E-state index is 0.194. The summed E-state index contributed by atoms with van der Waals surface area (Å²) in [5.41, 5.74) is 2.65. The number of hydrogen-bond donors (Lipinski definition) is 1. The topological polar surface area (TPSA) is 68.0 Å². The number of carbonyl (C=O) groups excluding carboxylic acids is 1. The molecule has 140 valence electrons. The summed E-state index contributed by atoms with van der Waals surface area (Å²) in [6.07, 6.45) is 0.543. The van der Waals surface area contributed by atoms with Crippen LogP contribution in [0.5, 0.6) is 0 Å². The normalized spacial score (nSPS) is 11.0. The van der Waals surface area contributed by atoms with Gasteiger partial charge in [-0.3, -0.25) is 4.79 Å². The molecule has 0 atom stereocenters. The zero-order valence-corrected chi connectivity index (χ0v) is 16.5. The largest absolute Gasteiger partial charge is 0.339 e. The number of benzene rings is 2. The number of halogens is 2. The fourth-order valence-electron chi connectivity index (χ4n) is 2.51. The number of nitrogens with zero attached hydrogens (tertiary/aromatic N) is 2. The van der Waals surface area contributed by atoms with Crippen molar-refractivity contribution in [3.8, 4) is 11.4 Å². The highest BCUT2D eigenvalue weighted by Crippen LogP contribution is 2.25. The van der Waals surface area contributed by atoms with Crippen molar-refractivity contribution in [2.24, 2.45) is 0 Å². The van der Waals surface area contributed by atoms with Gasteiger partial charge in [-0.2, -0.15) is 4.98 Å². The van der Waals surface area contributed by atoms with E-state index in [1.807, 2.05) is 12.1 Å². The maximum absolute atomic E-state index is 12.1. The second-order valence-electron chi connectivity index (χ2n) is 6.46. The first-order valence-corrected chi connectivity index (χ1v) is 9.36. The molecule has 5 nitrogen and oxygen atoms in total. The summed E-state index contributed by atoms with van der Waals surface area (Å²) < 4.78 is 5.25. The second-order valence-corrected chi connectivity index (χ2v) is 7.30. The fourth-order valence-corrected chi connectivity index (χ4v) is 2.97. The quantitative estimate of drug-likeness (QED) is 0.569. The molecule has 1 N–H and O–H groups in total. The third-order valence-electron chi connectivity index (χ3n) is 4.07. The number of aryl methyl sites for hydroxylation is 1. The van der Waals surface area contributed by atoms with Crippen LogP contribution in [-0.2, 0) is 11.2 Å². The highest BCUT2D eigenvalue weighted by Gasteiger charge is 2.12. The van der Waals surface area contributed by atoms with E-state index >= 15 is 0 Å². The van der Waals surface area contributed by atoms with Gasteiger partial charge in [0, 0.05) is 23.4 Å². The van der Waals surface area contributed by atoms with E-state index in [0.717, 1.165) is 5.56 Å². The Morgan fingerprint density at radius 3 is 2.56 bits per heavy atom. The van der Waals surface area contributed by atoms with Crippen molar-refractivity contribution in [3.05, 3.63) is 64.0 Å². The van der Waals surface area contributed by atoms with Gasteiger partial charge in [0.25, 0.3) is 0 Å². The molecule has 3 aromatic rings. The van der Waals surface area contributed by atoms with E-state index in [0.29, 0.717) is 39.8 Å². The van der Waals surface area contributed by atoms with E-state index in [1.54, 1.807) is 18.2 Å². The predicted octanol–water partition coefficient (Wildman–Crippen LogP) is 5.74. The van der Waals surface area contributed by atoms with Gasteiger partial charge < -0.3 is 9.84 Å². The van der Waals surface area contributed by atoms with Crippen LogP contribution in [0.4, 0.5) is 5.69 Å². The van der Waals surface area contributed by atoms with Crippen molar-refractivity contribution in [3.63, 3.8) is 0 Å². The minimum Gasteiger partial charge on any atom is -0.339 e. The highest BCUT2D eigenvalue weighted by atomic mass is 35.5. The maximum atomic E-state index is 12.1. The molecule has 7 heteroatoms. The van der Waals surface area contributed by atoms with Gasteiger partial charge >= 0.3 is 0 Å². The zero-order valence-electron chi connectivity index (χ0n) is 15.0. The third-order valence-corrected chi connectivity index (χ3v) is 4.62. The monoisotopic (exact) mass is 403 g/mol. The molecule has 0 bridgehead atoms. The molecule has 0 aliphatic heterocycles. The smallest absolute Gasteiger partial charge is 0.227 e. The summed E-state index contributed by atoms with van der Waals surface area (Å²) in [5, 5.41) is 7.64. The van der Waals surface area contributed by atoms with Gasteiger partial charge in [0.2, 0.25) is 17.6 Å². The van der Waals surface area contributed by atoms with Crippen molar-refractivity contribution < 1.29 is 9.32 Å². The van der Waals surface area contributed by atoms with Crippen LogP contribution < -0.4 is 5.32 Å². The Morgan fingerprint density at radius 1 is 1.15 bits per heavy atom. The van der Waals surface area contributed by atoms with Gasteiger partial charge in [-0.05, 0) is 29.7 Å². The molecule has 0 saturated carbocycles. The molecule has 1 amide bonds. The average molecular weight is 404 g/mol. The minimum atomic E-state index is -0.194. The first kappa shape index (κ1) is 19.4. The van der Waals surface area contributed by atoms with E-state index in [-0.39, 0.29) is 12.3 Å². The van der Waals surface area contributed by atoms with Crippen LogP contribution in [0.15, 0.2) is 47.0 Å². The first-order chi connectivity index (χ1) is 12.9. The van der Waals surface area contributed by atoms with Crippen LogP contribution in [0, 0.1) is 0 Å². The Balaban J connectivity index is 1.58. The van der Waals surface area contributed by atoms with Crippen LogP contribution in [0.1, 0.15) is 37.6 Å². The lowest BCUT2D eigenvalue weighted by molar-refractivity contribution is -0.116. The Kier molecular flexibility index (Phi) is 6.14. The molecule has 0 spiro atoms. The maximum Gasteiger partial charge on any atom is 0.227 e. The molecule has 0 unspecified atom stereocenters. The highest BCUT2D eigenvalue weighted by molar-refractivity contribution is 6.36. The van der Waals surface area contributed by atoms with Gasteiger partial charge in [0.05, 0.1) is 10.7 Å². The lowest BCUT2D eigenvalue weighted by atomic mass is 10.0. The molecule has 0 fully saturated rings. The molecule has 3 rings (SSSR count). The lowest BCUT2D eigenvalue weighted by Gasteiger charge is -2.06. The molecule has 0 aliphatic carbocycles. The van der Waals surface area contributed by atoms with Crippen molar-refractivity contribution in [1.29, 1.82) is 0 Å². The lowest BCUT2D eigenvalue weighted by Crippen LogP contribution is -2.12. The standard InChI is InChI=1S/C20H19Cl2N3O2/c1-12(2)13-3-5-14(6-4-13)20-24-19(27-25-20)10-9-18(26)23-17-8-7-15(21)11-16(17)22/h3-8,11-12H,9-10H2,1-2H3,(H,23,26). The van der Waals surface area contributed by atoms with Crippen LogP contribution >= 0.6 is 23.2 Å². The number of nitrogens with one attached hydrogen (secondary N) is 1. The van der Waals surface area contributed by atoms with Crippen LogP contribution in [0.2, 0.25) is 10.0 Å². The van der Waals surface area contributed by atoms with E-state index in [9.17, 15) is 4.79 Å².